The fourth-order valence-corrected chi connectivity index (χ4v) is 4.48. The number of carbonyl (C=O) groups excluding carboxylic acids is 2. The first-order valence-corrected chi connectivity index (χ1v) is 13.3. The van der Waals surface area contributed by atoms with Crippen molar-refractivity contribution in [3.05, 3.63) is 138 Å². The molecule has 5 rings (SSSR count). The van der Waals surface area contributed by atoms with Crippen LogP contribution in [0.15, 0.2) is 115 Å². The van der Waals surface area contributed by atoms with Gasteiger partial charge in [0, 0.05) is 18.0 Å². The van der Waals surface area contributed by atoms with Crippen molar-refractivity contribution in [2.45, 2.75) is 25.7 Å². The molecule has 1 amide bonds. The Kier molecular flexibility index (Phi) is 8.86. The number of methoxy groups -OCH3 is 1. The van der Waals surface area contributed by atoms with Crippen molar-refractivity contribution in [1.29, 1.82) is 0 Å². The zero-order valence-corrected chi connectivity index (χ0v) is 22.7. The van der Waals surface area contributed by atoms with Gasteiger partial charge in [-0.3, -0.25) is 9.78 Å². The molecule has 1 N–H and O–H groups in total. The number of rotatable bonds is 11. The summed E-state index contributed by atoms with van der Waals surface area (Å²) in [5.41, 5.74) is 3.94. The second-order valence-electron chi connectivity index (χ2n) is 9.46. The molecule has 0 aliphatic carbocycles. The molecule has 0 bridgehead atoms. The van der Waals surface area contributed by atoms with E-state index in [4.69, 9.17) is 14.2 Å². The van der Waals surface area contributed by atoms with E-state index < -0.39 is 12.0 Å². The predicted molar refractivity (Wildman–Crippen MR) is 157 cm³/mol. The van der Waals surface area contributed by atoms with Crippen LogP contribution in [0.1, 0.15) is 27.0 Å². The Morgan fingerprint density at radius 3 is 2.05 bits per heavy atom. The first kappa shape index (κ1) is 27.4. The SMILES string of the molecule is COC(=O)[C@@H](Cc1ccc(OCc2ccccc2)c(OCc2ccccc2)c1)NC(=O)c1ccnc2ccccc12. The summed E-state index contributed by atoms with van der Waals surface area (Å²) in [5.74, 6) is 0.183. The lowest BCUT2D eigenvalue weighted by Gasteiger charge is -2.19. The molecule has 5 aromatic rings. The molecule has 41 heavy (non-hydrogen) atoms. The van der Waals surface area contributed by atoms with Crippen molar-refractivity contribution in [1.82, 2.24) is 10.3 Å². The van der Waals surface area contributed by atoms with E-state index >= 15 is 0 Å². The number of carbonyl (C=O) groups is 2. The summed E-state index contributed by atoms with van der Waals surface area (Å²) in [6.45, 7) is 0.723. The summed E-state index contributed by atoms with van der Waals surface area (Å²) in [6, 6.07) is 33.3. The Morgan fingerprint density at radius 1 is 0.732 bits per heavy atom. The Balaban J connectivity index is 1.37. The van der Waals surface area contributed by atoms with Crippen LogP contribution in [0.2, 0.25) is 0 Å². The quantitative estimate of drug-likeness (QED) is 0.207. The van der Waals surface area contributed by atoms with Crippen LogP contribution in [0.4, 0.5) is 0 Å². The van der Waals surface area contributed by atoms with Gasteiger partial charge in [-0.2, -0.15) is 0 Å². The van der Waals surface area contributed by atoms with E-state index in [2.05, 4.69) is 10.3 Å². The molecule has 0 unspecified atom stereocenters. The van der Waals surface area contributed by atoms with Gasteiger partial charge in [0.05, 0.1) is 18.2 Å². The normalized spacial score (nSPS) is 11.4. The number of hydrogen-bond acceptors (Lipinski definition) is 6. The third-order valence-electron chi connectivity index (χ3n) is 6.61. The van der Waals surface area contributed by atoms with Crippen molar-refractivity contribution in [2.24, 2.45) is 0 Å². The highest BCUT2D eigenvalue weighted by Gasteiger charge is 2.24. The van der Waals surface area contributed by atoms with Gasteiger partial charge in [0.1, 0.15) is 19.3 Å². The molecule has 1 aromatic heterocycles. The summed E-state index contributed by atoms with van der Waals surface area (Å²) >= 11 is 0. The summed E-state index contributed by atoms with van der Waals surface area (Å²) in [6.07, 6.45) is 1.77. The Hall–Kier alpha value is -5.17. The number of ether oxygens (including phenoxy) is 3. The molecule has 1 heterocycles. The zero-order valence-electron chi connectivity index (χ0n) is 22.7. The average molecular weight is 547 g/mol. The Bertz CT molecular complexity index is 1620. The maximum Gasteiger partial charge on any atom is 0.328 e. The summed E-state index contributed by atoms with van der Waals surface area (Å²) < 4.78 is 17.3. The van der Waals surface area contributed by atoms with Crippen LogP contribution in [0, 0.1) is 0 Å². The number of hydrogen-bond donors (Lipinski definition) is 1. The van der Waals surface area contributed by atoms with E-state index in [0.717, 1.165) is 16.7 Å². The number of aromatic nitrogens is 1. The molecule has 4 aromatic carbocycles. The van der Waals surface area contributed by atoms with E-state index in [9.17, 15) is 9.59 Å². The van der Waals surface area contributed by atoms with Gasteiger partial charge in [0.2, 0.25) is 0 Å². The minimum absolute atomic E-state index is 0.197. The van der Waals surface area contributed by atoms with Gasteiger partial charge in [0.15, 0.2) is 11.5 Å². The number of benzene rings is 4. The first-order valence-electron chi connectivity index (χ1n) is 13.3. The number of para-hydroxylation sites is 1. The predicted octanol–water partition coefficient (Wildman–Crippen LogP) is 5.91. The molecular weight excluding hydrogens is 516 g/mol. The van der Waals surface area contributed by atoms with Gasteiger partial charge in [-0.15, -0.1) is 0 Å². The molecule has 7 heteroatoms. The van der Waals surface area contributed by atoms with Crippen LogP contribution in [0.5, 0.6) is 11.5 Å². The summed E-state index contributed by atoms with van der Waals surface area (Å²) in [4.78, 5) is 30.4. The second kappa shape index (κ2) is 13.3. The number of amides is 1. The molecule has 0 fully saturated rings. The molecule has 0 aliphatic rings. The standard InChI is InChI=1S/C34H30N2O5/c1-39-34(38)30(36-33(37)28-18-19-35-29-15-9-8-14-27(28)29)20-26-16-17-31(40-22-24-10-4-2-5-11-24)32(21-26)41-23-25-12-6-3-7-13-25/h2-19,21,30H,20,22-23H2,1H3,(H,36,37)/t30-/m1/s1. The van der Waals surface area contributed by atoms with Gasteiger partial charge >= 0.3 is 5.97 Å². The first-order chi connectivity index (χ1) is 20.1. The van der Waals surface area contributed by atoms with Crippen LogP contribution < -0.4 is 14.8 Å². The van der Waals surface area contributed by atoms with Gasteiger partial charge in [0.25, 0.3) is 5.91 Å². The number of nitrogens with zero attached hydrogens (tertiary/aromatic N) is 1. The van der Waals surface area contributed by atoms with Gasteiger partial charge in [-0.1, -0.05) is 84.9 Å². The lowest BCUT2D eigenvalue weighted by Crippen LogP contribution is -2.43. The fraction of sp³-hybridized carbons (Fsp3) is 0.147. The van der Waals surface area contributed by atoms with E-state index in [-0.39, 0.29) is 12.3 Å². The highest BCUT2D eigenvalue weighted by atomic mass is 16.5. The Morgan fingerprint density at radius 2 is 1.37 bits per heavy atom. The third-order valence-corrected chi connectivity index (χ3v) is 6.61. The Labute approximate surface area is 238 Å². The molecule has 0 aliphatic heterocycles. The van der Waals surface area contributed by atoms with E-state index in [1.807, 2.05) is 103 Å². The summed E-state index contributed by atoms with van der Waals surface area (Å²) in [5, 5.41) is 3.55. The van der Waals surface area contributed by atoms with Gasteiger partial charge < -0.3 is 19.5 Å². The number of nitrogens with one attached hydrogen (secondary N) is 1. The molecule has 206 valence electrons. The van der Waals surface area contributed by atoms with Crippen molar-refractivity contribution >= 4 is 22.8 Å². The number of fused-ring (bicyclic) bond motifs is 1. The molecule has 1 atom stereocenters. The maximum absolute atomic E-state index is 13.3. The van der Waals surface area contributed by atoms with Crippen molar-refractivity contribution in [3.8, 4) is 11.5 Å². The zero-order chi connectivity index (χ0) is 28.4. The van der Waals surface area contributed by atoms with Crippen molar-refractivity contribution < 1.29 is 23.8 Å². The van der Waals surface area contributed by atoms with Crippen LogP contribution in [-0.4, -0.2) is 30.0 Å². The molecular formula is C34H30N2O5. The van der Waals surface area contributed by atoms with Crippen LogP contribution in [0.3, 0.4) is 0 Å². The third kappa shape index (κ3) is 7.08. The van der Waals surface area contributed by atoms with Crippen LogP contribution >= 0.6 is 0 Å². The second-order valence-corrected chi connectivity index (χ2v) is 9.46. The van der Waals surface area contributed by atoms with Crippen molar-refractivity contribution in [2.75, 3.05) is 7.11 Å². The van der Waals surface area contributed by atoms with Crippen LogP contribution in [-0.2, 0) is 29.2 Å². The van der Waals surface area contributed by atoms with Gasteiger partial charge in [-0.25, -0.2) is 4.79 Å². The molecule has 0 saturated heterocycles. The molecule has 0 saturated carbocycles. The number of pyridine rings is 1. The lowest BCUT2D eigenvalue weighted by molar-refractivity contribution is -0.142. The highest BCUT2D eigenvalue weighted by Crippen LogP contribution is 2.31. The monoisotopic (exact) mass is 546 g/mol. The minimum Gasteiger partial charge on any atom is -0.485 e. The molecule has 0 spiro atoms. The van der Waals surface area contributed by atoms with E-state index in [1.54, 1.807) is 12.3 Å². The summed E-state index contributed by atoms with van der Waals surface area (Å²) in [7, 11) is 1.30. The van der Waals surface area contributed by atoms with E-state index in [0.29, 0.717) is 41.2 Å². The minimum atomic E-state index is -0.919. The topological polar surface area (TPSA) is 86.8 Å². The smallest absolute Gasteiger partial charge is 0.328 e. The molecule has 0 radical (unpaired) electrons. The van der Waals surface area contributed by atoms with Gasteiger partial charge in [-0.05, 0) is 41.0 Å². The van der Waals surface area contributed by atoms with E-state index in [1.165, 1.54) is 7.11 Å². The maximum atomic E-state index is 13.3. The lowest BCUT2D eigenvalue weighted by atomic mass is 10.0. The number of esters is 1. The average Bonchev–Trinajstić information content (AvgIpc) is 3.03. The highest BCUT2D eigenvalue weighted by molar-refractivity contribution is 6.07. The van der Waals surface area contributed by atoms with Crippen LogP contribution in [0.25, 0.3) is 10.9 Å². The fourth-order valence-electron chi connectivity index (χ4n) is 4.48. The van der Waals surface area contributed by atoms with Crippen molar-refractivity contribution in [3.63, 3.8) is 0 Å². The molecule has 7 nitrogen and oxygen atoms in total. The largest absolute Gasteiger partial charge is 0.485 e.